The topological polar surface area (TPSA) is 50.9 Å². The summed E-state index contributed by atoms with van der Waals surface area (Å²) in [6, 6.07) is 5.56. The van der Waals surface area contributed by atoms with Crippen LogP contribution in [0.25, 0.3) is 5.52 Å². The number of hydrogen-bond donors (Lipinski definition) is 1. The Bertz CT molecular complexity index is 841. The van der Waals surface area contributed by atoms with Crippen LogP contribution in [0.2, 0.25) is 5.02 Å². The van der Waals surface area contributed by atoms with Crippen molar-refractivity contribution in [2.24, 2.45) is 5.92 Å². The zero-order valence-electron chi connectivity index (χ0n) is 16.1. The van der Waals surface area contributed by atoms with Gasteiger partial charge < -0.3 is 14.2 Å². The quantitative estimate of drug-likeness (QED) is 0.543. The summed E-state index contributed by atoms with van der Waals surface area (Å²) in [7, 11) is 1.66. The highest BCUT2D eigenvalue weighted by molar-refractivity contribution is 6.35. The van der Waals surface area contributed by atoms with E-state index in [0.29, 0.717) is 36.0 Å². The van der Waals surface area contributed by atoms with Crippen molar-refractivity contribution in [2.45, 2.75) is 51.0 Å². The summed E-state index contributed by atoms with van der Waals surface area (Å²) in [6.07, 6.45) is 10.3. The molecule has 27 heavy (non-hydrogen) atoms. The minimum absolute atomic E-state index is 0.0864. The number of aromatic nitrogens is 1. The number of rotatable bonds is 7. The summed E-state index contributed by atoms with van der Waals surface area (Å²) >= 11 is 6.38. The van der Waals surface area contributed by atoms with Gasteiger partial charge in [-0.15, -0.1) is 0 Å². The van der Waals surface area contributed by atoms with Crippen LogP contribution in [0.4, 0.5) is 0 Å². The minimum Gasteiger partial charge on any atom is -0.390 e. The number of nitrogens with zero attached hydrogens (tertiary/aromatic N) is 1. The van der Waals surface area contributed by atoms with Crippen molar-refractivity contribution in [3.8, 4) is 0 Å². The van der Waals surface area contributed by atoms with Crippen LogP contribution in [0.15, 0.2) is 36.5 Å². The monoisotopic (exact) mass is 389 g/mol. The maximum absolute atomic E-state index is 12.8. The Morgan fingerprint density at radius 1 is 1.52 bits per heavy atom. The first kappa shape index (κ1) is 20.1. The lowest BCUT2D eigenvalue weighted by atomic mass is 9.77. The average Bonchev–Trinajstić information content (AvgIpc) is 2.99. The first-order valence-electron chi connectivity index (χ1n) is 9.64. The molecule has 1 aliphatic rings. The fourth-order valence-electron chi connectivity index (χ4n) is 4.16. The van der Waals surface area contributed by atoms with Crippen molar-refractivity contribution in [1.82, 2.24) is 4.40 Å². The normalized spacial score (nSPS) is 23.3. The van der Waals surface area contributed by atoms with Gasteiger partial charge in [-0.1, -0.05) is 37.4 Å². The molecular formula is C22H28ClNO3. The maximum atomic E-state index is 12.8. The number of ketones is 1. The zero-order valence-corrected chi connectivity index (χ0v) is 16.8. The van der Waals surface area contributed by atoms with Crippen molar-refractivity contribution in [2.75, 3.05) is 13.7 Å². The molecule has 1 N–H and O–H groups in total. The standard InChI is InChI=1S/C22H28ClNO3/c1-16-6-3-10-22(26,15-16)11-4-8-20(25)18-14-17(9-13-27-2)24-12-5-7-19(23)21(18)24/h4-5,7-8,12,14,16,26H,3,6,9-11,13,15H2,1-2H3/b8-4+/t16-,22?/m1/s1. The summed E-state index contributed by atoms with van der Waals surface area (Å²) in [6.45, 7) is 2.75. The molecule has 0 saturated heterocycles. The van der Waals surface area contributed by atoms with Crippen LogP contribution in [0.5, 0.6) is 0 Å². The number of aliphatic hydroxyl groups is 1. The number of fused-ring (bicyclic) bond motifs is 1. The number of hydrogen-bond acceptors (Lipinski definition) is 3. The Morgan fingerprint density at radius 2 is 2.33 bits per heavy atom. The zero-order chi connectivity index (χ0) is 19.4. The van der Waals surface area contributed by atoms with E-state index in [1.165, 1.54) is 6.42 Å². The lowest BCUT2D eigenvalue weighted by molar-refractivity contribution is -0.0100. The molecule has 146 valence electrons. The molecule has 5 heteroatoms. The van der Waals surface area contributed by atoms with Gasteiger partial charge in [0, 0.05) is 31.0 Å². The predicted molar refractivity (Wildman–Crippen MR) is 109 cm³/mol. The molecular weight excluding hydrogens is 362 g/mol. The molecule has 0 bridgehead atoms. The Balaban J connectivity index is 1.81. The Kier molecular flexibility index (Phi) is 6.40. The van der Waals surface area contributed by atoms with Crippen LogP contribution in [0, 0.1) is 5.92 Å². The van der Waals surface area contributed by atoms with Gasteiger partial charge in [0.05, 0.1) is 22.7 Å². The van der Waals surface area contributed by atoms with Crippen LogP contribution in [-0.4, -0.2) is 34.6 Å². The highest BCUT2D eigenvalue weighted by atomic mass is 35.5. The Hall–Kier alpha value is -1.62. The molecule has 1 unspecified atom stereocenters. The molecule has 0 spiro atoms. The Labute approximate surface area is 165 Å². The van der Waals surface area contributed by atoms with Crippen LogP contribution < -0.4 is 0 Å². The number of methoxy groups -OCH3 is 1. The summed E-state index contributed by atoms with van der Waals surface area (Å²) in [5.74, 6) is 0.446. The van der Waals surface area contributed by atoms with E-state index in [1.807, 2.05) is 28.8 Å². The molecule has 0 aromatic carbocycles. The largest absolute Gasteiger partial charge is 0.390 e. The molecule has 1 aliphatic carbocycles. The van der Waals surface area contributed by atoms with Crippen molar-refractivity contribution in [3.05, 3.63) is 52.8 Å². The summed E-state index contributed by atoms with van der Waals surface area (Å²) in [4.78, 5) is 12.8. The second kappa shape index (κ2) is 8.59. The molecule has 1 saturated carbocycles. The van der Waals surface area contributed by atoms with Gasteiger partial charge in [-0.2, -0.15) is 0 Å². The fourth-order valence-corrected chi connectivity index (χ4v) is 4.43. The SMILES string of the molecule is COCCc1cc(C(=O)/C=C/CC2(O)CCC[C@@H](C)C2)c2c(Cl)cccn12. The summed E-state index contributed by atoms with van der Waals surface area (Å²) in [5.41, 5.74) is 1.63. The molecule has 4 nitrogen and oxygen atoms in total. The third-order valence-electron chi connectivity index (χ3n) is 5.48. The number of ether oxygens (including phenoxy) is 1. The van der Waals surface area contributed by atoms with Crippen molar-refractivity contribution < 1.29 is 14.6 Å². The minimum atomic E-state index is -0.682. The molecule has 0 radical (unpaired) electrons. The van der Waals surface area contributed by atoms with Crippen molar-refractivity contribution in [3.63, 3.8) is 0 Å². The first-order valence-corrected chi connectivity index (χ1v) is 10.0. The molecule has 2 aromatic heterocycles. The highest BCUT2D eigenvalue weighted by Crippen LogP contribution is 2.35. The van der Waals surface area contributed by atoms with Gasteiger partial charge in [-0.25, -0.2) is 0 Å². The number of halogens is 1. The molecule has 3 rings (SSSR count). The second-order valence-corrected chi connectivity index (χ2v) is 8.17. The van der Waals surface area contributed by atoms with Gasteiger partial charge in [0.1, 0.15) is 0 Å². The number of carbonyl (C=O) groups excluding carboxylic acids is 1. The first-order chi connectivity index (χ1) is 12.9. The predicted octanol–water partition coefficient (Wildman–Crippen LogP) is 4.85. The van der Waals surface area contributed by atoms with E-state index in [0.717, 1.165) is 30.5 Å². The van der Waals surface area contributed by atoms with Gasteiger partial charge in [0.15, 0.2) is 5.78 Å². The molecule has 2 heterocycles. The maximum Gasteiger partial charge on any atom is 0.187 e. The van der Waals surface area contributed by atoms with Crippen molar-refractivity contribution >= 4 is 22.9 Å². The van der Waals surface area contributed by atoms with Gasteiger partial charge in [0.2, 0.25) is 0 Å². The van der Waals surface area contributed by atoms with Crippen LogP contribution in [0.3, 0.4) is 0 Å². The molecule has 1 fully saturated rings. The van der Waals surface area contributed by atoms with E-state index in [1.54, 1.807) is 19.3 Å². The molecule has 0 aliphatic heterocycles. The Morgan fingerprint density at radius 3 is 3.07 bits per heavy atom. The lowest BCUT2D eigenvalue weighted by Gasteiger charge is -2.34. The van der Waals surface area contributed by atoms with Gasteiger partial charge in [-0.3, -0.25) is 4.79 Å². The second-order valence-electron chi connectivity index (χ2n) is 7.76. The summed E-state index contributed by atoms with van der Waals surface area (Å²) in [5, 5.41) is 11.3. The van der Waals surface area contributed by atoms with E-state index >= 15 is 0 Å². The van der Waals surface area contributed by atoms with Crippen LogP contribution in [-0.2, 0) is 11.2 Å². The van der Waals surface area contributed by atoms with Gasteiger partial charge >= 0.3 is 0 Å². The van der Waals surface area contributed by atoms with E-state index < -0.39 is 5.60 Å². The van der Waals surface area contributed by atoms with Gasteiger partial charge in [0.25, 0.3) is 0 Å². The molecule has 0 amide bonds. The third kappa shape index (κ3) is 4.63. The average molecular weight is 390 g/mol. The summed E-state index contributed by atoms with van der Waals surface area (Å²) < 4.78 is 7.13. The fraction of sp³-hybridized carbons (Fsp3) is 0.500. The van der Waals surface area contributed by atoms with Crippen molar-refractivity contribution in [1.29, 1.82) is 0 Å². The van der Waals surface area contributed by atoms with E-state index in [2.05, 4.69) is 6.92 Å². The van der Waals surface area contributed by atoms with Crippen LogP contribution >= 0.6 is 11.6 Å². The number of carbonyl (C=O) groups is 1. The third-order valence-corrected chi connectivity index (χ3v) is 5.79. The number of pyridine rings is 1. The van der Waals surface area contributed by atoms with E-state index in [-0.39, 0.29) is 5.78 Å². The lowest BCUT2D eigenvalue weighted by Crippen LogP contribution is -2.33. The van der Waals surface area contributed by atoms with E-state index in [4.69, 9.17) is 16.3 Å². The molecule has 2 aromatic rings. The smallest absolute Gasteiger partial charge is 0.187 e. The molecule has 2 atom stereocenters. The van der Waals surface area contributed by atoms with Gasteiger partial charge in [-0.05, 0) is 49.5 Å². The number of allylic oxidation sites excluding steroid dienone is 1. The highest BCUT2D eigenvalue weighted by Gasteiger charge is 2.31. The van der Waals surface area contributed by atoms with E-state index in [9.17, 15) is 9.90 Å². The van der Waals surface area contributed by atoms with Crippen LogP contribution in [0.1, 0.15) is 55.1 Å².